The van der Waals surface area contributed by atoms with Gasteiger partial charge in [-0.15, -0.1) is 0 Å². The van der Waals surface area contributed by atoms with Gasteiger partial charge in [0.1, 0.15) is 18.6 Å². The molecule has 2 saturated heterocycles. The van der Waals surface area contributed by atoms with Crippen molar-refractivity contribution in [3.63, 3.8) is 0 Å². The van der Waals surface area contributed by atoms with Gasteiger partial charge in [-0.3, -0.25) is 19.2 Å². The number of benzene rings is 3. The summed E-state index contributed by atoms with van der Waals surface area (Å²) in [7, 11) is 0.360. The molecule has 3 aromatic carbocycles. The van der Waals surface area contributed by atoms with Gasteiger partial charge in [0.25, 0.3) is 11.8 Å². The Kier molecular flexibility index (Phi) is 14.8. The maximum Gasteiger partial charge on any atom is 0.416 e. The first-order chi connectivity index (χ1) is 31.5. The maximum atomic E-state index is 14.0. The molecule has 66 heavy (non-hydrogen) atoms. The number of Topliss-reactive ketones (excluding diaryl/α,β-unsaturated/α-hetero) is 1. The first-order valence-electron chi connectivity index (χ1n) is 22.7. The average Bonchev–Trinajstić information content (AvgIpc) is 3.97. The number of amides is 4. The highest BCUT2D eigenvalue weighted by Crippen LogP contribution is 2.42. The number of nitrogens with zero attached hydrogens (tertiary/aromatic N) is 4. The number of carbonyl (C=O) groups excluding carboxylic acids is 5. The van der Waals surface area contributed by atoms with Crippen molar-refractivity contribution in [2.24, 2.45) is 11.7 Å². The second-order valence-electron chi connectivity index (χ2n) is 17.9. The Morgan fingerprint density at radius 3 is 2.02 bits per heavy atom. The molecule has 4 aliphatic heterocycles. The third-order valence-electron chi connectivity index (χ3n) is 13.0. The zero-order valence-corrected chi connectivity index (χ0v) is 38.4. The highest BCUT2D eigenvalue weighted by molar-refractivity contribution is 6.54. The van der Waals surface area contributed by atoms with Gasteiger partial charge in [0, 0.05) is 43.8 Å². The van der Waals surface area contributed by atoms with Gasteiger partial charge < -0.3 is 59.8 Å². The molecular weight excluding hydrogens is 851 g/mol. The molecule has 6 atom stereocenters. The minimum Gasteiger partial charge on any atom is -0.493 e. The molecule has 3 aromatic rings. The lowest BCUT2D eigenvalue weighted by atomic mass is 9.82. The van der Waals surface area contributed by atoms with Crippen LogP contribution >= 0.6 is 0 Å². The number of aliphatic hydroxyl groups excluding tert-OH is 2. The van der Waals surface area contributed by atoms with Crippen LogP contribution in [0.5, 0.6) is 17.2 Å². The number of ether oxygens (including phenoxy) is 4. The van der Waals surface area contributed by atoms with E-state index in [2.05, 4.69) is 5.32 Å². The van der Waals surface area contributed by atoms with Crippen molar-refractivity contribution in [3.8, 4) is 17.2 Å². The second kappa shape index (κ2) is 20.3. The van der Waals surface area contributed by atoms with Crippen LogP contribution in [0.4, 0.5) is 16.2 Å². The molecule has 18 nitrogen and oxygen atoms in total. The van der Waals surface area contributed by atoms with Gasteiger partial charge in [-0.2, -0.15) is 0 Å². The number of rotatable bonds is 16. The predicted molar refractivity (Wildman–Crippen MR) is 244 cm³/mol. The summed E-state index contributed by atoms with van der Waals surface area (Å²) < 4.78 is 23.7. The Morgan fingerprint density at radius 1 is 0.833 bits per heavy atom. The van der Waals surface area contributed by atoms with Crippen LogP contribution in [0, 0.1) is 12.8 Å². The number of hydrogen-bond donors (Lipinski definition) is 5. The van der Waals surface area contributed by atoms with Crippen LogP contribution in [0.25, 0.3) is 0 Å². The van der Waals surface area contributed by atoms with Crippen LogP contribution in [0.3, 0.4) is 0 Å². The highest BCUT2D eigenvalue weighted by atomic mass is 16.6. The van der Waals surface area contributed by atoms with Gasteiger partial charge in [0.05, 0.1) is 61.3 Å². The van der Waals surface area contributed by atoms with Gasteiger partial charge in [-0.05, 0) is 81.1 Å². The third-order valence-corrected chi connectivity index (χ3v) is 13.0. The number of hydrogen-bond acceptors (Lipinski definition) is 14. The topological polar surface area (TPSA) is 234 Å². The Balaban J connectivity index is 1.01. The zero-order valence-electron chi connectivity index (χ0n) is 38.4. The van der Waals surface area contributed by atoms with Gasteiger partial charge >= 0.3 is 13.1 Å². The van der Waals surface area contributed by atoms with Crippen molar-refractivity contribution in [2.75, 3.05) is 43.1 Å². The minimum absolute atomic E-state index is 0.0688. The van der Waals surface area contributed by atoms with E-state index in [9.17, 15) is 39.2 Å². The largest absolute Gasteiger partial charge is 0.493 e. The molecule has 4 amide bonds. The predicted octanol–water partition coefficient (Wildman–Crippen LogP) is 3.38. The number of aliphatic hydroxyl groups is 2. The fraction of sp³-hybridized carbons (Fsp3) is 0.511. The maximum absolute atomic E-state index is 14.0. The van der Waals surface area contributed by atoms with Crippen molar-refractivity contribution in [3.05, 3.63) is 76.3 Å². The number of nitrogens with one attached hydrogen (secondary N) is 1. The van der Waals surface area contributed by atoms with E-state index in [-0.39, 0.29) is 72.5 Å². The number of nitrogens with two attached hydrogens (primary N) is 1. The molecule has 0 radical (unpaired) electrons. The molecular formula is C47H61BN6O12. The van der Waals surface area contributed by atoms with Gasteiger partial charge in [-0.1, -0.05) is 38.1 Å². The SMILES string of the molecule is COc1cc2c(cc1OCCCOc1cc3c(cc1C)C(=O)N1CCC[C@H]1[C@H](O)N3C(=O)OCc1ccc(CC(=O)[C@H](C)NC(=O)[C@@H](N)C(C)C)cc1)N(B(C)O)[C@@H](O)[C@@H]1CCCN1C2=O. The number of fused-ring (bicyclic) bond motifs is 4. The Morgan fingerprint density at radius 2 is 1.41 bits per heavy atom. The molecule has 7 rings (SSSR count). The van der Waals surface area contributed by atoms with Gasteiger partial charge in [-0.25, -0.2) is 9.69 Å². The lowest BCUT2D eigenvalue weighted by Gasteiger charge is -2.34. The summed E-state index contributed by atoms with van der Waals surface area (Å²) >= 11 is 0. The van der Waals surface area contributed by atoms with Crippen molar-refractivity contribution >= 4 is 48.0 Å². The molecule has 0 aliphatic carbocycles. The molecule has 19 heteroatoms. The highest BCUT2D eigenvalue weighted by Gasteiger charge is 2.46. The summed E-state index contributed by atoms with van der Waals surface area (Å²) in [4.78, 5) is 72.6. The third kappa shape index (κ3) is 9.80. The van der Waals surface area contributed by atoms with Crippen molar-refractivity contribution in [2.45, 2.75) is 116 Å². The molecule has 2 fully saturated rings. The first kappa shape index (κ1) is 48.1. The van der Waals surface area contributed by atoms with Crippen molar-refractivity contribution < 1.29 is 58.2 Å². The van der Waals surface area contributed by atoms with E-state index < -0.39 is 49.8 Å². The summed E-state index contributed by atoms with van der Waals surface area (Å²) in [6.45, 7) is 9.65. The van der Waals surface area contributed by atoms with Gasteiger partial charge in [0.15, 0.2) is 23.5 Å². The number of aryl methyl sites for hydroxylation is 1. The molecule has 0 unspecified atom stereocenters. The van der Waals surface area contributed by atoms with Gasteiger partial charge in [0.2, 0.25) is 5.91 Å². The summed E-state index contributed by atoms with van der Waals surface area (Å²) in [5.41, 5.74) is 8.85. The summed E-state index contributed by atoms with van der Waals surface area (Å²) in [5.74, 6) is -0.242. The van der Waals surface area contributed by atoms with Crippen LogP contribution in [0.2, 0.25) is 6.82 Å². The summed E-state index contributed by atoms with van der Waals surface area (Å²) in [6, 6.07) is 10.7. The molecule has 0 bridgehead atoms. The molecule has 4 aliphatic rings. The Bertz CT molecular complexity index is 2310. The van der Waals surface area contributed by atoms with Crippen LogP contribution in [-0.4, -0.2) is 132 Å². The lowest BCUT2D eigenvalue weighted by molar-refractivity contribution is -0.128. The zero-order chi connectivity index (χ0) is 47.6. The lowest BCUT2D eigenvalue weighted by Crippen LogP contribution is -2.53. The fourth-order valence-corrected chi connectivity index (χ4v) is 9.14. The normalized spacial score (nSPS) is 21.0. The smallest absolute Gasteiger partial charge is 0.416 e. The van der Waals surface area contributed by atoms with Crippen LogP contribution < -0.4 is 35.0 Å². The minimum atomic E-state index is -1.41. The quantitative estimate of drug-likeness (QED) is 0.102. The van der Waals surface area contributed by atoms with E-state index in [0.29, 0.717) is 78.4 Å². The van der Waals surface area contributed by atoms with Crippen LogP contribution in [-0.2, 0) is 27.4 Å². The molecule has 354 valence electrons. The fourth-order valence-electron chi connectivity index (χ4n) is 9.14. The average molecular weight is 913 g/mol. The molecule has 0 spiro atoms. The number of methoxy groups -OCH3 is 1. The monoisotopic (exact) mass is 912 g/mol. The van der Waals surface area contributed by atoms with Crippen LogP contribution in [0.15, 0.2) is 48.5 Å². The van der Waals surface area contributed by atoms with Crippen molar-refractivity contribution in [1.82, 2.24) is 15.1 Å². The number of carbonyl (C=O) groups is 5. The number of anilines is 2. The standard InChI is InChI=1S/C47H61BN6O12/c1-26(2)41(49)42(56)50-28(4)37(55)21-29-12-14-30(15-13-29)25-66-47(61)53-35-23-38(27(3)20-31(35)43(57)51-16-7-10-33(51)45(53)59)64-18-9-19-65-40-24-36-32(22-39(40)63-6)44(58)52-17-8-11-34(52)46(60)54(36)48(5)62/h12-15,20,22-24,26,28,33-34,41,45-46,59-60,62H,7-11,16-19,21,25,49H2,1-6H3,(H,50,56)/t28-,33-,34-,41-,45-,46-/m0/s1. The summed E-state index contributed by atoms with van der Waals surface area (Å²) in [6.07, 6.45) is -0.463. The molecule has 4 heterocycles. The van der Waals surface area contributed by atoms with E-state index in [0.717, 1.165) is 11.3 Å². The molecule has 0 aromatic heterocycles. The van der Waals surface area contributed by atoms with E-state index in [4.69, 9.17) is 24.7 Å². The van der Waals surface area contributed by atoms with Crippen molar-refractivity contribution in [1.29, 1.82) is 0 Å². The Hall–Kier alpha value is -5.89. The summed E-state index contributed by atoms with van der Waals surface area (Å²) in [5, 5.41) is 36.5. The number of ketones is 1. The second-order valence-corrected chi connectivity index (χ2v) is 17.9. The molecule has 0 saturated carbocycles. The van der Waals surface area contributed by atoms with E-state index in [1.807, 2.05) is 13.8 Å². The van der Waals surface area contributed by atoms with E-state index in [1.54, 1.807) is 72.2 Å². The van der Waals surface area contributed by atoms with Crippen LogP contribution in [0.1, 0.15) is 90.3 Å². The molecule has 6 N–H and O–H groups in total. The first-order valence-corrected chi connectivity index (χ1v) is 22.7. The van der Waals surface area contributed by atoms with E-state index in [1.165, 1.54) is 18.7 Å². The van der Waals surface area contributed by atoms with E-state index >= 15 is 0 Å². The Labute approximate surface area is 385 Å².